The van der Waals surface area contributed by atoms with Gasteiger partial charge in [-0.3, -0.25) is 0 Å². The molecule has 0 spiro atoms. The van der Waals surface area contributed by atoms with E-state index >= 15 is 0 Å². The maximum Gasteiger partial charge on any atom is 0.417 e. The molecule has 0 aliphatic carbocycles. The Morgan fingerprint density at radius 3 is 2.46 bits per heavy atom. The van der Waals surface area contributed by atoms with E-state index in [0.29, 0.717) is 6.07 Å². The molecule has 0 atom stereocenters. The van der Waals surface area contributed by atoms with Crippen LogP contribution in [0.2, 0.25) is 0 Å². The summed E-state index contributed by atoms with van der Waals surface area (Å²) >= 11 is 0. The second-order valence-corrected chi connectivity index (χ2v) is 5.78. The van der Waals surface area contributed by atoms with Gasteiger partial charge in [0.15, 0.2) is 0 Å². The van der Waals surface area contributed by atoms with Crippen LogP contribution in [0, 0.1) is 0 Å². The molecular formula is C20H18F3NO4. The summed E-state index contributed by atoms with van der Waals surface area (Å²) in [6.45, 7) is 0.298. The molecule has 0 bridgehead atoms. The number of halogens is 3. The number of alkyl halides is 3. The SMILES string of the molecule is O=C(NCCC=Cc1ccc(C(=O)O)cc1C(F)(F)F)OCc1ccccc1. The fourth-order valence-electron chi connectivity index (χ4n) is 2.32. The number of hydrogen-bond donors (Lipinski definition) is 2. The summed E-state index contributed by atoms with van der Waals surface area (Å²) in [4.78, 5) is 22.4. The maximum absolute atomic E-state index is 13.1. The standard InChI is InChI=1S/C20H18F3NO4/c21-20(22,23)17-12-16(18(25)26)10-9-15(17)8-4-5-11-24-19(27)28-13-14-6-2-1-3-7-14/h1-4,6-10,12H,5,11,13H2,(H,24,27)(H,25,26). The first-order chi connectivity index (χ1) is 13.3. The lowest BCUT2D eigenvalue weighted by molar-refractivity contribution is -0.137. The van der Waals surface area contributed by atoms with E-state index in [1.807, 2.05) is 30.3 Å². The molecule has 148 valence electrons. The zero-order chi connectivity index (χ0) is 20.6. The zero-order valence-corrected chi connectivity index (χ0v) is 14.7. The van der Waals surface area contributed by atoms with Crippen molar-refractivity contribution in [2.24, 2.45) is 0 Å². The summed E-state index contributed by atoms with van der Waals surface area (Å²) in [6, 6.07) is 11.9. The summed E-state index contributed by atoms with van der Waals surface area (Å²) in [5.41, 5.74) is -0.780. The predicted octanol–water partition coefficient (Wildman–Crippen LogP) is 4.73. The first-order valence-electron chi connectivity index (χ1n) is 8.33. The number of ether oxygens (including phenoxy) is 1. The average molecular weight is 393 g/mol. The van der Waals surface area contributed by atoms with Gasteiger partial charge in [-0.25, -0.2) is 9.59 Å². The Labute approximate surface area is 159 Å². The molecule has 2 aromatic rings. The third kappa shape index (κ3) is 6.46. The zero-order valence-electron chi connectivity index (χ0n) is 14.7. The number of rotatable bonds is 7. The van der Waals surface area contributed by atoms with E-state index in [0.717, 1.165) is 17.7 Å². The van der Waals surface area contributed by atoms with Crippen molar-refractivity contribution >= 4 is 18.1 Å². The Balaban J connectivity index is 1.85. The molecule has 0 aliphatic rings. The quantitative estimate of drug-likeness (QED) is 0.667. The van der Waals surface area contributed by atoms with Crippen molar-refractivity contribution in [1.82, 2.24) is 5.32 Å². The van der Waals surface area contributed by atoms with Crippen molar-refractivity contribution in [1.29, 1.82) is 0 Å². The van der Waals surface area contributed by atoms with E-state index in [4.69, 9.17) is 9.84 Å². The van der Waals surface area contributed by atoms with E-state index in [2.05, 4.69) is 5.32 Å². The molecule has 0 heterocycles. The van der Waals surface area contributed by atoms with Crippen LogP contribution < -0.4 is 5.32 Å². The maximum atomic E-state index is 13.1. The van der Waals surface area contributed by atoms with Crippen molar-refractivity contribution in [3.63, 3.8) is 0 Å². The van der Waals surface area contributed by atoms with Gasteiger partial charge < -0.3 is 15.2 Å². The van der Waals surface area contributed by atoms with Crippen LogP contribution >= 0.6 is 0 Å². The van der Waals surface area contributed by atoms with Crippen LogP contribution in [0.25, 0.3) is 6.08 Å². The summed E-state index contributed by atoms with van der Waals surface area (Å²) in [5.74, 6) is -1.43. The Kier molecular flexibility index (Phi) is 7.20. The fourth-order valence-corrected chi connectivity index (χ4v) is 2.32. The number of amides is 1. The van der Waals surface area contributed by atoms with Gasteiger partial charge in [-0.15, -0.1) is 0 Å². The number of carboxylic acids is 1. The van der Waals surface area contributed by atoms with Crippen LogP contribution in [0.1, 0.15) is 33.5 Å². The largest absolute Gasteiger partial charge is 0.478 e. The summed E-state index contributed by atoms with van der Waals surface area (Å²) < 4.78 is 44.3. The van der Waals surface area contributed by atoms with E-state index in [1.54, 1.807) is 0 Å². The van der Waals surface area contributed by atoms with Gasteiger partial charge in [0.25, 0.3) is 0 Å². The molecule has 0 saturated carbocycles. The molecule has 2 rings (SSSR count). The van der Waals surface area contributed by atoms with E-state index in [9.17, 15) is 22.8 Å². The normalized spacial score (nSPS) is 11.4. The number of carbonyl (C=O) groups excluding carboxylic acids is 1. The van der Waals surface area contributed by atoms with E-state index < -0.39 is 29.4 Å². The second-order valence-electron chi connectivity index (χ2n) is 5.78. The number of carbonyl (C=O) groups is 2. The third-order valence-corrected chi connectivity index (χ3v) is 3.70. The molecule has 0 radical (unpaired) electrons. The first-order valence-corrected chi connectivity index (χ1v) is 8.33. The highest BCUT2D eigenvalue weighted by Gasteiger charge is 2.33. The average Bonchev–Trinajstić information content (AvgIpc) is 2.66. The van der Waals surface area contributed by atoms with Gasteiger partial charge in [0, 0.05) is 6.54 Å². The van der Waals surface area contributed by atoms with Crippen molar-refractivity contribution in [2.75, 3.05) is 6.54 Å². The van der Waals surface area contributed by atoms with Crippen LogP contribution in [-0.2, 0) is 17.5 Å². The van der Waals surface area contributed by atoms with Gasteiger partial charge in [-0.1, -0.05) is 48.6 Å². The summed E-state index contributed by atoms with van der Waals surface area (Å²) in [6.07, 6.45) is -2.32. The molecule has 1 amide bonds. The van der Waals surface area contributed by atoms with Crippen LogP contribution in [0.15, 0.2) is 54.6 Å². The number of aromatic carboxylic acids is 1. The number of alkyl carbamates (subject to hydrolysis) is 1. The first kappa shape index (κ1) is 21.0. The summed E-state index contributed by atoms with van der Waals surface area (Å²) in [7, 11) is 0. The minimum Gasteiger partial charge on any atom is -0.478 e. The molecule has 0 saturated heterocycles. The minimum atomic E-state index is -4.68. The van der Waals surface area contributed by atoms with Crippen LogP contribution in [0.3, 0.4) is 0 Å². The Hall–Kier alpha value is -3.29. The molecule has 8 heteroatoms. The highest BCUT2D eigenvalue weighted by molar-refractivity contribution is 5.88. The second kappa shape index (κ2) is 9.59. The van der Waals surface area contributed by atoms with Gasteiger partial charge in [0.1, 0.15) is 6.61 Å². The minimum absolute atomic E-state index is 0.118. The molecule has 2 aromatic carbocycles. The monoisotopic (exact) mass is 393 g/mol. The van der Waals surface area contributed by atoms with Gasteiger partial charge in [0.05, 0.1) is 11.1 Å². The topological polar surface area (TPSA) is 75.6 Å². The van der Waals surface area contributed by atoms with Gasteiger partial charge in [-0.2, -0.15) is 13.2 Å². The van der Waals surface area contributed by atoms with Crippen molar-refractivity contribution in [3.8, 4) is 0 Å². The predicted molar refractivity (Wildman–Crippen MR) is 96.7 cm³/mol. The van der Waals surface area contributed by atoms with Crippen molar-refractivity contribution in [3.05, 3.63) is 76.9 Å². The lowest BCUT2D eigenvalue weighted by atomic mass is 10.0. The van der Waals surface area contributed by atoms with Crippen LogP contribution in [0.5, 0.6) is 0 Å². The molecule has 2 N–H and O–H groups in total. The van der Waals surface area contributed by atoms with Gasteiger partial charge in [0.2, 0.25) is 0 Å². The number of nitrogens with one attached hydrogen (secondary N) is 1. The van der Waals surface area contributed by atoms with Crippen molar-refractivity contribution in [2.45, 2.75) is 19.2 Å². The van der Waals surface area contributed by atoms with Crippen LogP contribution in [0.4, 0.5) is 18.0 Å². The smallest absolute Gasteiger partial charge is 0.417 e. The Morgan fingerprint density at radius 1 is 1.11 bits per heavy atom. The number of hydrogen-bond acceptors (Lipinski definition) is 3. The third-order valence-electron chi connectivity index (χ3n) is 3.70. The lowest BCUT2D eigenvalue weighted by Crippen LogP contribution is -2.24. The van der Waals surface area contributed by atoms with Gasteiger partial charge in [-0.05, 0) is 29.7 Å². The number of benzene rings is 2. The van der Waals surface area contributed by atoms with E-state index in [1.165, 1.54) is 12.2 Å². The molecule has 0 fully saturated rings. The summed E-state index contributed by atoms with van der Waals surface area (Å²) in [5, 5.41) is 11.3. The highest BCUT2D eigenvalue weighted by Crippen LogP contribution is 2.33. The molecule has 0 unspecified atom stereocenters. The van der Waals surface area contributed by atoms with Crippen molar-refractivity contribution < 1.29 is 32.6 Å². The Bertz CT molecular complexity index is 848. The lowest BCUT2D eigenvalue weighted by Gasteiger charge is -2.11. The molecule has 28 heavy (non-hydrogen) atoms. The Morgan fingerprint density at radius 2 is 1.82 bits per heavy atom. The molecule has 0 aromatic heterocycles. The molecule has 5 nitrogen and oxygen atoms in total. The molecular weight excluding hydrogens is 375 g/mol. The highest BCUT2D eigenvalue weighted by atomic mass is 19.4. The number of carboxylic acid groups (broad SMARTS) is 1. The fraction of sp³-hybridized carbons (Fsp3) is 0.200. The van der Waals surface area contributed by atoms with Crippen LogP contribution in [-0.4, -0.2) is 23.7 Å². The molecule has 0 aliphatic heterocycles. The van der Waals surface area contributed by atoms with E-state index in [-0.39, 0.29) is 25.1 Å². The van der Waals surface area contributed by atoms with Gasteiger partial charge >= 0.3 is 18.2 Å².